The maximum atomic E-state index is 12.2. The fourth-order valence-corrected chi connectivity index (χ4v) is 2.33. The molecule has 0 bridgehead atoms. The fourth-order valence-electron chi connectivity index (χ4n) is 2.21. The number of aromatic nitrogens is 2. The summed E-state index contributed by atoms with van der Waals surface area (Å²) >= 11 is 5.85. The number of amides is 1. The Morgan fingerprint density at radius 3 is 2.38 bits per heavy atom. The number of hydrogen-bond acceptors (Lipinski definition) is 5. The number of carbonyl (C=O) groups is 1. The van der Waals surface area contributed by atoms with Gasteiger partial charge in [-0.1, -0.05) is 23.7 Å². The first-order chi connectivity index (χ1) is 12.6. The van der Waals surface area contributed by atoms with Crippen LogP contribution in [0.5, 0.6) is 5.75 Å². The van der Waals surface area contributed by atoms with E-state index in [0.29, 0.717) is 17.4 Å². The number of ether oxygens (including phenoxy) is 1. The Bertz CT molecular complexity index is 866. The van der Waals surface area contributed by atoms with Crippen LogP contribution in [0.1, 0.15) is 16.1 Å². The van der Waals surface area contributed by atoms with Crippen LogP contribution in [0.15, 0.2) is 60.9 Å². The van der Waals surface area contributed by atoms with Crippen LogP contribution in [0.3, 0.4) is 0 Å². The number of methoxy groups -OCH3 is 1. The summed E-state index contributed by atoms with van der Waals surface area (Å²) in [6.45, 7) is 0.398. The van der Waals surface area contributed by atoms with Gasteiger partial charge in [-0.3, -0.25) is 4.79 Å². The molecule has 0 aliphatic carbocycles. The van der Waals surface area contributed by atoms with Crippen molar-refractivity contribution >= 4 is 29.0 Å². The van der Waals surface area contributed by atoms with E-state index >= 15 is 0 Å². The van der Waals surface area contributed by atoms with Crippen LogP contribution < -0.4 is 15.4 Å². The van der Waals surface area contributed by atoms with Crippen LogP contribution in [0.4, 0.5) is 11.5 Å². The summed E-state index contributed by atoms with van der Waals surface area (Å²) in [7, 11) is 1.61. The molecule has 1 aromatic heterocycles. The zero-order valence-electron chi connectivity index (χ0n) is 14.1. The van der Waals surface area contributed by atoms with Gasteiger partial charge in [0.25, 0.3) is 5.91 Å². The normalized spacial score (nSPS) is 10.2. The summed E-state index contributed by atoms with van der Waals surface area (Å²) in [5.74, 6) is 1.03. The minimum Gasteiger partial charge on any atom is -0.497 e. The SMILES string of the molecule is COc1ccc(CNC(=O)c2cnc(Nc3ccc(Cl)cc3)cn2)cc1. The van der Waals surface area contributed by atoms with Crippen molar-refractivity contribution in [2.24, 2.45) is 0 Å². The Hall–Kier alpha value is -3.12. The third-order valence-electron chi connectivity index (χ3n) is 3.61. The summed E-state index contributed by atoms with van der Waals surface area (Å²) in [5, 5.41) is 6.56. The molecule has 7 heteroatoms. The highest BCUT2D eigenvalue weighted by atomic mass is 35.5. The number of nitrogens with one attached hydrogen (secondary N) is 2. The van der Waals surface area contributed by atoms with Crippen molar-refractivity contribution in [3.8, 4) is 5.75 Å². The van der Waals surface area contributed by atoms with Gasteiger partial charge in [-0.05, 0) is 42.0 Å². The maximum absolute atomic E-state index is 12.2. The maximum Gasteiger partial charge on any atom is 0.271 e. The van der Waals surface area contributed by atoms with Crippen LogP contribution >= 0.6 is 11.6 Å². The second kappa shape index (κ2) is 8.31. The van der Waals surface area contributed by atoms with Gasteiger partial charge in [-0.25, -0.2) is 9.97 Å². The Morgan fingerprint density at radius 1 is 1.04 bits per heavy atom. The molecule has 0 radical (unpaired) electrons. The summed E-state index contributed by atoms with van der Waals surface area (Å²) in [5.41, 5.74) is 2.05. The third-order valence-corrected chi connectivity index (χ3v) is 3.87. The minimum absolute atomic E-state index is 0.250. The van der Waals surface area contributed by atoms with Crippen LogP contribution in [-0.4, -0.2) is 23.0 Å². The predicted molar refractivity (Wildman–Crippen MR) is 101 cm³/mol. The standard InChI is InChI=1S/C19H17ClN4O2/c1-26-16-8-2-13(3-9-16)10-23-19(25)17-11-22-18(12-21-17)24-15-6-4-14(20)5-7-15/h2-9,11-12H,10H2,1H3,(H,22,24)(H,23,25). The Morgan fingerprint density at radius 2 is 1.77 bits per heavy atom. The highest BCUT2D eigenvalue weighted by molar-refractivity contribution is 6.30. The van der Waals surface area contributed by atoms with Gasteiger partial charge in [0.05, 0.1) is 19.5 Å². The molecule has 0 saturated heterocycles. The van der Waals surface area contributed by atoms with E-state index in [-0.39, 0.29) is 11.6 Å². The topological polar surface area (TPSA) is 76.1 Å². The molecular weight excluding hydrogens is 352 g/mol. The molecular formula is C19H17ClN4O2. The van der Waals surface area contributed by atoms with E-state index in [4.69, 9.17) is 16.3 Å². The van der Waals surface area contributed by atoms with Crippen LogP contribution in [0, 0.1) is 0 Å². The summed E-state index contributed by atoms with van der Waals surface area (Å²) in [4.78, 5) is 20.5. The van der Waals surface area contributed by atoms with Crippen molar-refractivity contribution in [3.05, 3.63) is 77.2 Å². The van der Waals surface area contributed by atoms with Crippen molar-refractivity contribution in [1.29, 1.82) is 0 Å². The zero-order chi connectivity index (χ0) is 18.4. The minimum atomic E-state index is -0.286. The van der Waals surface area contributed by atoms with Crippen molar-refractivity contribution in [1.82, 2.24) is 15.3 Å². The molecule has 3 aromatic rings. The fraction of sp³-hybridized carbons (Fsp3) is 0.105. The summed E-state index contributed by atoms with van der Waals surface area (Å²) in [6.07, 6.45) is 2.94. The van der Waals surface area contributed by atoms with E-state index in [2.05, 4.69) is 20.6 Å². The molecule has 1 heterocycles. The first kappa shape index (κ1) is 17.7. The van der Waals surface area contributed by atoms with E-state index in [9.17, 15) is 4.79 Å². The number of nitrogens with zero attached hydrogens (tertiary/aromatic N) is 2. The first-order valence-corrected chi connectivity index (χ1v) is 8.27. The molecule has 0 fully saturated rings. The number of halogens is 1. The van der Waals surface area contributed by atoms with Crippen LogP contribution in [-0.2, 0) is 6.54 Å². The lowest BCUT2D eigenvalue weighted by molar-refractivity contribution is 0.0945. The molecule has 26 heavy (non-hydrogen) atoms. The van der Waals surface area contributed by atoms with Gasteiger partial charge < -0.3 is 15.4 Å². The Kier molecular flexibility index (Phi) is 5.66. The lowest BCUT2D eigenvalue weighted by Gasteiger charge is -2.07. The van der Waals surface area contributed by atoms with E-state index in [1.54, 1.807) is 19.2 Å². The lowest BCUT2D eigenvalue weighted by Crippen LogP contribution is -2.24. The van der Waals surface area contributed by atoms with Gasteiger partial charge in [0.1, 0.15) is 17.3 Å². The van der Waals surface area contributed by atoms with E-state index < -0.39 is 0 Å². The molecule has 0 unspecified atom stereocenters. The molecule has 0 aliphatic heterocycles. The first-order valence-electron chi connectivity index (χ1n) is 7.90. The van der Waals surface area contributed by atoms with Gasteiger partial charge in [-0.15, -0.1) is 0 Å². The van der Waals surface area contributed by atoms with Gasteiger partial charge in [0.2, 0.25) is 0 Å². The average Bonchev–Trinajstić information content (AvgIpc) is 2.69. The molecule has 2 aromatic carbocycles. The van der Waals surface area contributed by atoms with Gasteiger partial charge in [-0.2, -0.15) is 0 Å². The van der Waals surface area contributed by atoms with Crippen molar-refractivity contribution in [2.45, 2.75) is 6.54 Å². The summed E-state index contributed by atoms with van der Waals surface area (Å²) < 4.78 is 5.11. The number of carbonyl (C=O) groups excluding carboxylic acids is 1. The molecule has 132 valence electrons. The van der Waals surface area contributed by atoms with E-state index in [1.165, 1.54) is 12.4 Å². The number of benzene rings is 2. The van der Waals surface area contributed by atoms with Crippen molar-refractivity contribution in [3.63, 3.8) is 0 Å². The largest absolute Gasteiger partial charge is 0.497 e. The second-order valence-electron chi connectivity index (χ2n) is 5.45. The highest BCUT2D eigenvalue weighted by Crippen LogP contribution is 2.17. The van der Waals surface area contributed by atoms with Crippen LogP contribution in [0.25, 0.3) is 0 Å². The quantitative estimate of drug-likeness (QED) is 0.691. The molecule has 6 nitrogen and oxygen atoms in total. The van der Waals surface area contributed by atoms with Gasteiger partial charge >= 0.3 is 0 Å². The van der Waals surface area contributed by atoms with E-state index in [0.717, 1.165) is 17.0 Å². The number of anilines is 2. The molecule has 1 amide bonds. The highest BCUT2D eigenvalue weighted by Gasteiger charge is 2.08. The average molecular weight is 369 g/mol. The predicted octanol–water partition coefficient (Wildman–Crippen LogP) is 3.81. The number of hydrogen-bond donors (Lipinski definition) is 2. The van der Waals surface area contributed by atoms with Gasteiger partial charge in [0.15, 0.2) is 0 Å². The molecule has 0 aliphatic rings. The number of rotatable bonds is 6. The Balaban J connectivity index is 1.56. The van der Waals surface area contributed by atoms with E-state index in [1.807, 2.05) is 36.4 Å². The third kappa shape index (κ3) is 4.70. The Labute approximate surface area is 156 Å². The molecule has 2 N–H and O–H groups in total. The monoisotopic (exact) mass is 368 g/mol. The molecule has 0 spiro atoms. The summed E-state index contributed by atoms with van der Waals surface area (Å²) in [6, 6.07) is 14.7. The molecule has 0 saturated carbocycles. The van der Waals surface area contributed by atoms with Gasteiger partial charge in [0, 0.05) is 17.3 Å². The zero-order valence-corrected chi connectivity index (χ0v) is 14.8. The molecule has 3 rings (SSSR count). The van der Waals surface area contributed by atoms with Crippen molar-refractivity contribution < 1.29 is 9.53 Å². The second-order valence-corrected chi connectivity index (χ2v) is 5.89. The molecule has 0 atom stereocenters. The van der Waals surface area contributed by atoms with Crippen LogP contribution in [0.2, 0.25) is 5.02 Å². The smallest absolute Gasteiger partial charge is 0.271 e. The van der Waals surface area contributed by atoms with Crippen molar-refractivity contribution in [2.75, 3.05) is 12.4 Å². The lowest BCUT2D eigenvalue weighted by atomic mass is 10.2.